The number of esters is 2. The van der Waals surface area contributed by atoms with Crippen LogP contribution < -0.4 is 0 Å². The molecule has 0 aromatic rings. The fourth-order valence-electron chi connectivity index (χ4n) is 10.3. The van der Waals surface area contributed by atoms with Crippen molar-refractivity contribution in [1.82, 2.24) is 0 Å². The van der Waals surface area contributed by atoms with Crippen LogP contribution in [0.2, 0.25) is 0 Å². The van der Waals surface area contributed by atoms with Crippen LogP contribution in [0.25, 0.3) is 0 Å². The van der Waals surface area contributed by atoms with Crippen LogP contribution in [-0.4, -0.2) is 64.2 Å². The predicted molar refractivity (Wildman–Crippen MR) is 212 cm³/mol. The first-order valence-electron chi connectivity index (χ1n) is 22.5. The third-order valence-electron chi connectivity index (χ3n) is 14.0. The van der Waals surface area contributed by atoms with Crippen LogP contribution in [0.3, 0.4) is 0 Å². The zero-order valence-electron chi connectivity index (χ0n) is 33.8. The summed E-state index contributed by atoms with van der Waals surface area (Å²) < 4.78 is 35.1. The summed E-state index contributed by atoms with van der Waals surface area (Å²) in [4.78, 5) is 22.4. The highest BCUT2D eigenvalue weighted by atomic mass is 16.8. The molecule has 0 radical (unpaired) electrons. The zero-order chi connectivity index (χ0) is 37.8. The first kappa shape index (κ1) is 43.4. The van der Waals surface area contributed by atoms with Crippen LogP contribution in [0.4, 0.5) is 0 Å². The first-order valence-corrected chi connectivity index (χ1v) is 22.5. The van der Waals surface area contributed by atoms with Crippen LogP contribution in [0.5, 0.6) is 0 Å². The van der Waals surface area contributed by atoms with Crippen LogP contribution in [0.1, 0.15) is 154 Å². The number of hydrogen-bond acceptors (Lipinski definition) is 8. The molecule has 308 valence electrons. The number of carbonyl (C=O) groups is 2. The van der Waals surface area contributed by atoms with Crippen molar-refractivity contribution < 1.29 is 38.0 Å². The summed E-state index contributed by atoms with van der Waals surface area (Å²) in [5.74, 6) is 5.78. The van der Waals surface area contributed by atoms with Gasteiger partial charge in [0.1, 0.15) is 0 Å². The van der Waals surface area contributed by atoms with Crippen molar-refractivity contribution in [2.75, 3.05) is 39.6 Å². The summed E-state index contributed by atoms with van der Waals surface area (Å²) >= 11 is 0. The third-order valence-corrected chi connectivity index (χ3v) is 14.0. The normalized spacial score (nSPS) is 33.4. The van der Waals surface area contributed by atoms with Gasteiger partial charge in [-0.3, -0.25) is 0 Å². The van der Waals surface area contributed by atoms with E-state index in [4.69, 9.17) is 28.4 Å². The smallest absolute Gasteiger partial charge is 0.330 e. The topological polar surface area (TPSA) is 89.5 Å². The average Bonchev–Trinajstić information content (AvgIpc) is 3.22. The predicted octanol–water partition coefficient (Wildman–Crippen LogP) is 10.5. The molecule has 8 heteroatoms. The Morgan fingerprint density at radius 1 is 0.444 bits per heavy atom. The quantitative estimate of drug-likeness (QED) is 0.0613. The van der Waals surface area contributed by atoms with Gasteiger partial charge in [-0.2, -0.15) is 0 Å². The maximum atomic E-state index is 11.2. The van der Waals surface area contributed by atoms with Gasteiger partial charge in [-0.1, -0.05) is 116 Å². The highest BCUT2D eigenvalue weighted by molar-refractivity contribution is 5.81. The minimum atomic E-state index is -0.407. The maximum absolute atomic E-state index is 11.2. The van der Waals surface area contributed by atoms with Crippen LogP contribution in [-0.2, 0) is 38.0 Å². The van der Waals surface area contributed by atoms with Crippen molar-refractivity contribution in [2.45, 2.75) is 167 Å². The lowest BCUT2D eigenvalue weighted by Gasteiger charge is -2.36. The van der Waals surface area contributed by atoms with Gasteiger partial charge in [-0.05, 0) is 98.7 Å². The van der Waals surface area contributed by atoms with Gasteiger partial charge < -0.3 is 28.4 Å². The van der Waals surface area contributed by atoms with Gasteiger partial charge in [-0.15, -0.1) is 0 Å². The van der Waals surface area contributed by atoms with E-state index in [1.165, 1.54) is 153 Å². The van der Waals surface area contributed by atoms with Crippen molar-refractivity contribution in [2.24, 2.45) is 47.3 Å². The van der Waals surface area contributed by atoms with Gasteiger partial charge in [0.15, 0.2) is 0 Å². The molecule has 54 heavy (non-hydrogen) atoms. The second-order valence-corrected chi connectivity index (χ2v) is 17.9. The van der Waals surface area contributed by atoms with Gasteiger partial charge >= 0.3 is 11.9 Å². The van der Waals surface area contributed by atoms with E-state index in [0.717, 1.165) is 61.6 Å². The van der Waals surface area contributed by atoms with Crippen LogP contribution >= 0.6 is 0 Å². The summed E-state index contributed by atoms with van der Waals surface area (Å²) in [6.45, 7) is 10.6. The van der Waals surface area contributed by atoms with Crippen molar-refractivity contribution in [3.63, 3.8) is 0 Å². The van der Waals surface area contributed by atoms with E-state index in [9.17, 15) is 9.59 Å². The molecule has 1 saturated heterocycles. The highest BCUT2D eigenvalue weighted by Crippen LogP contribution is 2.39. The molecule has 8 nitrogen and oxygen atoms in total. The summed E-state index contributed by atoms with van der Waals surface area (Å²) in [6.07, 6.45) is 32.8. The lowest BCUT2D eigenvalue weighted by molar-refractivity contribution is -0.325. The van der Waals surface area contributed by atoms with E-state index in [1.807, 2.05) is 0 Å². The van der Waals surface area contributed by atoms with Crippen LogP contribution in [0, 0.1) is 47.3 Å². The van der Waals surface area contributed by atoms with Crippen molar-refractivity contribution in [3.05, 3.63) is 25.3 Å². The molecule has 0 bridgehead atoms. The molecular weight excluding hydrogens is 680 g/mol. The summed E-state index contributed by atoms with van der Waals surface area (Å²) in [7, 11) is 0. The number of carbonyl (C=O) groups excluding carboxylic acids is 2. The SMILES string of the molecule is C=CC(=O)OCCCC1CCC(CCC2CCC(COC3OCCOC3OCC3CCC(CCC4CCC(CCCOC(=O)C=C)CC4)CC3)CC2)CC1. The minimum absolute atomic E-state index is 0.303. The molecule has 0 spiro atoms. The summed E-state index contributed by atoms with van der Waals surface area (Å²) in [5.41, 5.74) is 0. The Labute approximate surface area is 328 Å². The molecular formula is C46H76O8. The molecule has 0 amide bonds. The van der Waals surface area contributed by atoms with Crippen LogP contribution in [0.15, 0.2) is 25.3 Å². The molecule has 4 aliphatic carbocycles. The van der Waals surface area contributed by atoms with E-state index < -0.39 is 12.6 Å². The molecule has 5 rings (SSSR count). The zero-order valence-corrected chi connectivity index (χ0v) is 33.8. The molecule has 1 aliphatic heterocycles. The third kappa shape index (κ3) is 16.0. The molecule has 0 N–H and O–H groups in total. The van der Waals surface area contributed by atoms with Crippen molar-refractivity contribution >= 4 is 11.9 Å². The van der Waals surface area contributed by atoms with Gasteiger partial charge in [-0.25, -0.2) is 9.59 Å². The Morgan fingerprint density at radius 3 is 1.02 bits per heavy atom. The van der Waals surface area contributed by atoms with E-state index in [1.54, 1.807) is 0 Å². The van der Waals surface area contributed by atoms with E-state index >= 15 is 0 Å². The lowest BCUT2D eigenvalue weighted by Crippen LogP contribution is -2.43. The minimum Gasteiger partial charge on any atom is -0.463 e. The molecule has 0 aromatic heterocycles. The van der Waals surface area contributed by atoms with Gasteiger partial charge in [0.2, 0.25) is 12.6 Å². The number of ether oxygens (including phenoxy) is 6. The van der Waals surface area contributed by atoms with Crippen molar-refractivity contribution in [3.8, 4) is 0 Å². The Balaban J connectivity index is 0.860. The monoisotopic (exact) mass is 757 g/mol. The molecule has 1 heterocycles. The van der Waals surface area contributed by atoms with E-state index in [0.29, 0.717) is 38.3 Å². The van der Waals surface area contributed by atoms with Gasteiger partial charge in [0, 0.05) is 12.2 Å². The maximum Gasteiger partial charge on any atom is 0.330 e. The first-order chi connectivity index (χ1) is 26.5. The fraction of sp³-hybridized carbons (Fsp3) is 0.870. The average molecular weight is 757 g/mol. The Kier molecular flexibility index (Phi) is 19.9. The molecule has 4 saturated carbocycles. The molecule has 5 aliphatic rings. The largest absolute Gasteiger partial charge is 0.463 e. The Hall–Kier alpha value is -1.74. The summed E-state index contributed by atoms with van der Waals surface area (Å²) in [6, 6.07) is 0. The highest BCUT2D eigenvalue weighted by Gasteiger charge is 2.33. The summed E-state index contributed by atoms with van der Waals surface area (Å²) in [5, 5.41) is 0. The lowest BCUT2D eigenvalue weighted by atomic mass is 9.75. The Bertz CT molecular complexity index is 979. The van der Waals surface area contributed by atoms with E-state index in [-0.39, 0.29) is 11.9 Å². The number of hydrogen-bond donors (Lipinski definition) is 0. The number of rotatable bonds is 22. The molecule has 2 unspecified atom stereocenters. The standard InChI is InChI=1S/C46H76O8/c1-3-43(47)49-29-5-7-35-9-13-37(14-10-35)17-19-39-21-25-41(26-22-39)33-53-45-46(52-32-31-51-45)54-34-42-27-23-40(24-28-42)20-18-38-15-11-36(12-16-38)8-6-30-50-44(48)4-2/h3-4,35-42,45-46H,1-2,5-34H2. The molecule has 5 fully saturated rings. The second-order valence-electron chi connectivity index (χ2n) is 17.9. The van der Waals surface area contributed by atoms with Gasteiger partial charge in [0.05, 0.1) is 39.6 Å². The molecule has 2 atom stereocenters. The van der Waals surface area contributed by atoms with Crippen molar-refractivity contribution in [1.29, 1.82) is 0 Å². The Morgan fingerprint density at radius 2 is 0.722 bits per heavy atom. The van der Waals surface area contributed by atoms with E-state index in [2.05, 4.69) is 13.2 Å². The van der Waals surface area contributed by atoms with Gasteiger partial charge in [0.25, 0.3) is 0 Å². The fourth-order valence-corrected chi connectivity index (χ4v) is 10.3. The second kappa shape index (κ2) is 24.8. The molecule has 0 aromatic carbocycles.